The second-order valence-corrected chi connectivity index (χ2v) is 4.35. The van der Waals surface area contributed by atoms with Crippen LogP contribution in [0.5, 0.6) is 0 Å². The Balaban J connectivity index is 2.77. The smallest absolute Gasteiger partial charge is 0.227 e. The predicted molar refractivity (Wildman–Crippen MR) is 52.3 cm³/mol. The van der Waals surface area contributed by atoms with Crippen molar-refractivity contribution in [3.63, 3.8) is 0 Å². The van der Waals surface area contributed by atoms with Crippen LogP contribution in [0.4, 0.5) is 0 Å². The molecule has 4 nitrogen and oxygen atoms in total. The van der Waals surface area contributed by atoms with Crippen molar-refractivity contribution in [1.29, 1.82) is 0 Å². The maximum atomic E-state index is 8.78. The number of halogens is 2. The molecule has 13 heavy (non-hydrogen) atoms. The van der Waals surface area contributed by atoms with Gasteiger partial charge in [0.1, 0.15) is 0 Å². The molecule has 0 aliphatic rings. The quantitative estimate of drug-likeness (QED) is 0.814. The molecule has 0 radical (unpaired) electrons. The lowest BCUT2D eigenvalue weighted by Gasteiger charge is -2.05. The van der Waals surface area contributed by atoms with Crippen LogP contribution in [0, 0.1) is 0 Å². The van der Waals surface area contributed by atoms with Gasteiger partial charge >= 0.3 is 0 Å². The number of aromatic nitrogens is 3. The van der Waals surface area contributed by atoms with Crippen molar-refractivity contribution >= 4 is 35.0 Å². The molecular weight excluding hydrogens is 233 g/mol. The van der Waals surface area contributed by atoms with E-state index in [4.69, 9.17) is 28.3 Å². The lowest BCUT2D eigenvalue weighted by atomic mass is 10.5. The first-order valence-electron chi connectivity index (χ1n) is 3.46. The van der Waals surface area contributed by atoms with E-state index in [1.165, 1.54) is 11.8 Å². The van der Waals surface area contributed by atoms with E-state index in [1.54, 1.807) is 0 Å². The van der Waals surface area contributed by atoms with Crippen molar-refractivity contribution in [2.45, 2.75) is 17.3 Å². The lowest BCUT2D eigenvalue weighted by molar-refractivity contribution is 0.300. The molecule has 0 aliphatic heterocycles. The van der Waals surface area contributed by atoms with Crippen molar-refractivity contribution in [3.05, 3.63) is 10.6 Å². The summed E-state index contributed by atoms with van der Waals surface area (Å²) in [7, 11) is 0. The summed E-state index contributed by atoms with van der Waals surface area (Å²) in [4.78, 5) is 11.3. The standard InChI is InChI=1S/C6H7Cl2N3OS/c1-3(2-12)13-6-10-4(7)9-5(8)11-6/h3,12H,2H2,1H3. The van der Waals surface area contributed by atoms with E-state index >= 15 is 0 Å². The third kappa shape index (κ3) is 3.64. The molecular formula is C6H7Cl2N3OS. The van der Waals surface area contributed by atoms with E-state index in [9.17, 15) is 0 Å². The van der Waals surface area contributed by atoms with Crippen LogP contribution in [-0.4, -0.2) is 31.9 Å². The zero-order valence-corrected chi connectivity index (χ0v) is 9.07. The van der Waals surface area contributed by atoms with Crippen LogP contribution in [0.1, 0.15) is 6.92 Å². The first-order chi connectivity index (χ1) is 6.11. The van der Waals surface area contributed by atoms with Crippen molar-refractivity contribution in [2.75, 3.05) is 6.61 Å². The fourth-order valence-electron chi connectivity index (χ4n) is 0.579. The molecule has 1 N–H and O–H groups in total. The van der Waals surface area contributed by atoms with Gasteiger partial charge in [-0.2, -0.15) is 15.0 Å². The first kappa shape index (κ1) is 11.0. The van der Waals surface area contributed by atoms with Crippen molar-refractivity contribution < 1.29 is 5.11 Å². The summed E-state index contributed by atoms with van der Waals surface area (Å²) in [5.74, 6) is 0. The van der Waals surface area contributed by atoms with Gasteiger partial charge in [0.2, 0.25) is 10.6 Å². The summed E-state index contributed by atoms with van der Waals surface area (Å²) in [6.07, 6.45) is 0. The average molecular weight is 240 g/mol. The fraction of sp³-hybridized carbons (Fsp3) is 0.500. The van der Waals surface area contributed by atoms with Crippen LogP contribution in [-0.2, 0) is 0 Å². The first-order valence-corrected chi connectivity index (χ1v) is 5.10. The van der Waals surface area contributed by atoms with Crippen LogP contribution in [0.15, 0.2) is 5.16 Å². The summed E-state index contributed by atoms with van der Waals surface area (Å²) in [6, 6.07) is 0. The van der Waals surface area contributed by atoms with Gasteiger partial charge in [0.25, 0.3) is 0 Å². The molecule has 72 valence electrons. The van der Waals surface area contributed by atoms with E-state index in [2.05, 4.69) is 15.0 Å². The number of aliphatic hydroxyl groups is 1. The van der Waals surface area contributed by atoms with Crippen molar-refractivity contribution in [2.24, 2.45) is 0 Å². The average Bonchev–Trinajstić information content (AvgIpc) is 2.02. The Morgan fingerprint density at radius 2 is 1.85 bits per heavy atom. The van der Waals surface area contributed by atoms with E-state index in [0.29, 0.717) is 5.16 Å². The summed E-state index contributed by atoms with van der Waals surface area (Å²) in [5.41, 5.74) is 0. The van der Waals surface area contributed by atoms with Gasteiger partial charge in [0.05, 0.1) is 6.61 Å². The molecule has 1 heterocycles. The normalized spacial score (nSPS) is 12.9. The minimum Gasteiger partial charge on any atom is -0.395 e. The molecule has 0 amide bonds. The fourth-order valence-corrected chi connectivity index (χ4v) is 1.76. The number of thioether (sulfide) groups is 1. The van der Waals surface area contributed by atoms with Crippen LogP contribution < -0.4 is 0 Å². The highest BCUT2D eigenvalue weighted by molar-refractivity contribution is 7.99. The minimum atomic E-state index is 0.00883. The maximum Gasteiger partial charge on any atom is 0.227 e. The third-order valence-corrected chi connectivity index (χ3v) is 2.41. The molecule has 7 heteroatoms. The molecule has 1 aromatic heterocycles. The molecule has 1 unspecified atom stereocenters. The second-order valence-electron chi connectivity index (χ2n) is 2.27. The van der Waals surface area contributed by atoms with E-state index < -0.39 is 0 Å². The predicted octanol–water partition coefficient (Wildman–Crippen LogP) is 1.65. The number of aliphatic hydroxyl groups excluding tert-OH is 1. The van der Waals surface area contributed by atoms with E-state index in [1.807, 2.05) is 6.92 Å². The highest BCUT2D eigenvalue weighted by atomic mass is 35.5. The van der Waals surface area contributed by atoms with Crippen molar-refractivity contribution in [1.82, 2.24) is 15.0 Å². The summed E-state index contributed by atoms with van der Waals surface area (Å²) < 4.78 is 0. The lowest BCUT2D eigenvalue weighted by Crippen LogP contribution is -2.04. The Kier molecular flexibility index (Phi) is 4.18. The summed E-state index contributed by atoms with van der Waals surface area (Å²) in [6.45, 7) is 1.89. The van der Waals surface area contributed by atoms with Gasteiger partial charge in [-0.1, -0.05) is 18.7 Å². The number of hydrogen-bond donors (Lipinski definition) is 1. The molecule has 0 saturated heterocycles. The van der Waals surface area contributed by atoms with Gasteiger partial charge in [0.15, 0.2) is 5.16 Å². The van der Waals surface area contributed by atoms with Gasteiger partial charge in [-0.3, -0.25) is 0 Å². The molecule has 0 aromatic carbocycles. The molecule has 0 bridgehead atoms. The Bertz CT molecular complexity index is 279. The highest BCUT2D eigenvalue weighted by Crippen LogP contribution is 2.20. The van der Waals surface area contributed by atoms with E-state index in [-0.39, 0.29) is 22.4 Å². The molecule has 1 rings (SSSR count). The summed E-state index contributed by atoms with van der Waals surface area (Å²) in [5, 5.41) is 9.33. The Morgan fingerprint density at radius 3 is 2.31 bits per heavy atom. The summed E-state index contributed by atoms with van der Waals surface area (Å²) >= 11 is 12.4. The highest BCUT2D eigenvalue weighted by Gasteiger charge is 2.08. The monoisotopic (exact) mass is 239 g/mol. The van der Waals surface area contributed by atoms with Crippen LogP contribution >= 0.6 is 35.0 Å². The van der Waals surface area contributed by atoms with Crippen LogP contribution in [0.25, 0.3) is 0 Å². The number of rotatable bonds is 3. The van der Waals surface area contributed by atoms with Gasteiger partial charge < -0.3 is 5.11 Å². The molecule has 0 spiro atoms. The largest absolute Gasteiger partial charge is 0.395 e. The third-order valence-electron chi connectivity index (χ3n) is 1.12. The topological polar surface area (TPSA) is 58.9 Å². The van der Waals surface area contributed by atoms with Crippen LogP contribution in [0.3, 0.4) is 0 Å². The van der Waals surface area contributed by atoms with Gasteiger partial charge in [0, 0.05) is 5.25 Å². The molecule has 0 fully saturated rings. The van der Waals surface area contributed by atoms with Crippen LogP contribution in [0.2, 0.25) is 10.6 Å². The Morgan fingerprint density at radius 1 is 1.31 bits per heavy atom. The molecule has 1 atom stereocenters. The number of nitrogens with zero attached hydrogens (tertiary/aromatic N) is 3. The zero-order chi connectivity index (χ0) is 9.84. The SMILES string of the molecule is CC(CO)Sc1nc(Cl)nc(Cl)n1. The van der Waals surface area contributed by atoms with Gasteiger partial charge in [-0.25, -0.2) is 0 Å². The molecule has 0 aliphatic carbocycles. The number of hydrogen-bond acceptors (Lipinski definition) is 5. The van der Waals surface area contributed by atoms with E-state index in [0.717, 1.165) is 0 Å². The second kappa shape index (κ2) is 4.95. The maximum absolute atomic E-state index is 8.78. The minimum absolute atomic E-state index is 0.00883. The van der Waals surface area contributed by atoms with Crippen molar-refractivity contribution in [3.8, 4) is 0 Å². The Hall–Kier alpha value is -0.100. The van der Waals surface area contributed by atoms with Gasteiger partial charge in [-0.05, 0) is 23.2 Å². The molecule has 1 aromatic rings. The Labute approximate surface area is 89.7 Å². The van der Waals surface area contributed by atoms with Gasteiger partial charge in [-0.15, -0.1) is 0 Å². The zero-order valence-electron chi connectivity index (χ0n) is 6.74. The molecule has 0 saturated carbocycles.